The largest absolute Gasteiger partial charge is 0.489 e. The fourth-order valence-electron chi connectivity index (χ4n) is 6.84. The Balaban J connectivity index is 1.48. The van der Waals surface area contributed by atoms with Crippen LogP contribution in [0.1, 0.15) is 122 Å². The molecule has 1 unspecified atom stereocenters. The number of hydrogen-bond acceptors (Lipinski definition) is 5. The summed E-state index contributed by atoms with van der Waals surface area (Å²) in [6.45, 7) is 12.0. The summed E-state index contributed by atoms with van der Waals surface area (Å²) in [6.07, 6.45) is 19.5. The van der Waals surface area contributed by atoms with Crippen molar-refractivity contribution in [2.45, 2.75) is 104 Å². The van der Waals surface area contributed by atoms with Gasteiger partial charge in [0.25, 0.3) is 5.91 Å². The molecule has 0 spiro atoms. The van der Waals surface area contributed by atoms with Gasteiger partial charge in [-0.25, -0.2) is 4.79 Å². The van der Waals surface area contributed by atoms with Gasteiger partial charge in [-0.2, -0.15) is 0 Å². The molecular formula is C45H59N3O4. The number of carboxylic acids is 1. The van der Waals surface area contributed by atoms with Gasteiger partial charge in [0.2, 0.25) is 0 Å². The predicted molar refractivity (Wildman–Crippen MR) is 216 cm³/mol. The van der Waals surface area contributed by atoms with Gasteiger partial charge in [-0.15, -0.1) is 0 Å². The van der Waals surface area contributed by atoms with Crippen LogP contribution in [-0.4, -0.2) is 36.6 Å². The van der Waals surface area contributed by atoms with Gasteiger partial charge in [-0.1, -0.05) is 108 Å². The third-order valence-corrected chi connectivity index (χ3v) is 10.2. The number of carbonyl (C=O) groups is 2. The molecule has 7 nitrogen and oxygen atoms in total. The van der Waals surface area contributed by atoms with Crippen LogP contribution in [0.4, 0.5) is 11.4 Å². The first kappa shape index (κ1) is 40.0. The zero-order valence-corrected chi connectivity index (χ0v) is 31.8. The lowest BCUT2D eigenvalue weighted by Crippen LogP contribution is -2.33. The molecule has 3 aromatic carbocycles. The van der Waals surface area contributed by atoms with E-state index in [2.05, 4.69) is 56.0 Å². The molecule has 1 atom stereocenters. The zero-order valence-electron chi connectivity index (χ0n) is 31.8. The highest BCUT2D eigenvalue weighted by Gasteiger charge is 2.21. The summed E-state index contributed by atoms with van der Waals surface area (Å²) >= 11 is 0. The number of aromatic carboxylic acids is 1. The Morgan fingerprint density at radius 2 is 1.75 bits per heavy atom. The van der Waals surface area contributed by atoms with Crippen molar-refractivity contribution in [3.63, 3.8) is 0 Å². The molecule has 7 heteroatoms. The van der Waals surface area contributed by atoms with E-state index >= 15 is 0 Å². The Bertz CT molecular complexity index is 1670. The summed E-state index contributed by atoms with van der Waals surface area (Å²) in [5.74, 6) is 0.180. The van der Waals surface area contributed by atoms with E-state index in [0.29, 0.717) is 36.4 Å². The molecule has 1 aliphatic rings. The number of carboxylic acid groups (broad SMARTS) is 1. The summed E-state index contributed by atoms with van der Waals surface area (Å²) in [6, 6.07) is 19.5. The van der Waals surface area contributed by atoms with Crippen molar-refractivity contribution < 1.29 is 19.4 Å². The molecule has 3 aromatic rings. The molecular weight excluding hydrogens is 647 g/mol. The van der Waals surface area contributed by atoms with Gasteiger partial charge in [-0.3, -0.25) is 4.79 Å². The van der Waals surface area contributed by atoms with Gasteiger partial charge in [-0.05, 0) is 96.3 Å². The minimum Gasteiger partial charge on any atom is -0.489 e. The van der Waals surface area contributed by atoms with Gasteiger partial charge < -0.3 is 25.4 Å². The van der Waals surface area contributed by atoms with Crippen molar-refractivity contribution in [3.05, 3.63) is 119 Å². The minimum absolute atomic E-state index is 0.0726. The van der Waals surface area contributed by atoms with Crippen LogP contribution >= 0.6 is 0 Å². The molecule has 0 bridgehead atoms. The normalized spacial score (nSPS) is 14.2. The van der Waals surface area contributed by atoms with E-state index in [9.17, 15) is 14.7 Å². The molecule has 4 rings (SSSR count). The second-order valence-electron chi connectivity index (χ2n) is 13.9. The summed E-state index contributed by atoms with van der Waals surface area (Å²) in [7, 11) is 2.11. The van der Waals surface area contributed by atoms with E-state index in [1.807, 2.05) is 66.8 Å². The van der Waals surface area contributed by atoms with Crippen LogP contribution in [0.2, 0.25) is 0 Å². The number of anilines is 2. The van der Waals surface area contributed by atoms with E-state index in [-0.39, 0.29) is 18.1 Å². The number of ether oxygens (including phenoxy) is 1. The van der Waals surface area contributed by atoms with Crippen LogP contribution < -0.4 is 20.3 Å². The maximum absolute atomic E-state index is 13.3. The number of nitrogens with one attached hydrogen (secondary N) is 2. The standard InChI is InChI=1S/C45H59N3O4/c1-6-10-13-17-35(9-4)41-26-22-36(44(49)47-30-33(8-3)16-11-7-2)28-38(41)32-52-40-24-20-34(21-25-40)31-46-42-29-37(45(50)51)23-27-43(42)48(5)39-18-14-12-15-19-39/h9-10,13,17,20-29,33,39,46H,4,6-8,11-12,14-16,18-19,30-32H2,1-3,5H3,(H,47,49)(H,50,51)/b13-10+,35-17+. The topological polar surface area (TPSA) is 90.9 Å². The Labute approximate surface area is 311 Å². The van der Waals surface area contributed by atoms with Crippen LogP contribution in [0, 0.1) is 5.92 Å². The molecule has 0 aliphatic heterocycles. The van der Waals surface area contributed by atoms with E-state index in [4.69, 9.17) is 4.74 Å². The number of amides is 1. The Morgan fingerprint density at radius 3 is 2.42 bits per heavy atom. The Hall–Kier alpha value is -4.78. The second-order valence-corrected chi connectivity index (χ2v) is 13.9. The summed E-state index contributed by atoms with van der Waals surface area (Å²) < 4.78 is 6.32. The molecule has 278 valence electrons. The van der Waals surface area contributed by atoms with Gasteiger partial charge >= 0.3 is 5.97 Å². The maximum atomic E-state index is 13.3. The van der Waals surface area contributed by atoms with Gasteiger partial charge in [0.05, 0.1) is 16.9 Å². The van der Waals surface area contributed by atoms with Crippen molar-refractivity contribution in [1.82, 2.24) is 5.32 Å². The van der Waals surface area contributed by atoms with Crippen LogP contribution in [0.15, 0.2) is 91.5 Å². The van der Waals surface area contributed by atoms with Crippen LogP contribution in [0.3, 0.4) is 0 Å². The fourth-order valence-corrected chi connectivity index (χ4v) is 6.84. The number of allylic oxidation sites excluding steroid dienone is 5. The summed E-state index contributed by atoms with van der Waals surface area (Å²) in [4.78, 5) is 27.4. The lowest BCUT2D eigenvalue weighted by molar-refractivity contribution is 0.0696. The highest BCUT2D eigenvalue weighted by atomic mass is 16.5. The highest BCUT2D eigenvalue weighted by molar-refractivity contribution is 5.95. The third kappa shape index (κ3) is 11.6. The van der Waals surface area contributed by atoms with Crippen LogP contribution in [0.25, 0.3) is 5.57 Å². The van der Waals surface area contributed by atoms with Crippen LogP contribution in [-0.2, 0) is 13.2 Å². The average molecular weight is 706 g/mol. The Kier molecular flexibility index (Phi) is 16.1. The lowest BCUT2D eigenvalue weighted by Gasteiger charge is -2.34. The van der Waals surface area contributed by atoms with Crippen molar-refractivity contribution in [2.75, 3.05) is 23.8 Å². The molecule has 1 amide bonds. The van der Waals surface area contributed by atoms with E-state index in [0.717, 1.165) is 72.2 Å². The first-order chi connectivity index (χ1) is 25.3. The van der Waals surface area contributed by atoms with Crippen molar-refractivity contribution >= 4 is 28.8 Å². The number of carbonyl (C=O) groups excluding carboxylic acids is 1. The minimum atomic E-state index is -0.939. The van der Waals surface area contributed by atoms with E-state index < -0.39 is 5.97 Å². The molecule has 52 heavy (non-hydrogen) atoms. The number of benzene rings is 3. The van der Waals surface area contributed by atoms with E-state index in [1.165, 1.54) is 25.7 Å². The molecule has 1 aliphatic carbocycles. The van der Waals surface area contributed by atoms with Crippen molar-refractivity contribution in [3.8, 4) is 5.75 Å². The molecule has 0 aromatic heterocycles. The zero-order chi connectivity index (χ0) is 37.3. The second kappa shape index (κ2) is 20.9. The van der Waals surface area contributed by atoms with Crippen LogP contribution in [0.5, 0.6) is 5.75 Å². The molecule has 0 radical (unpaired) electrons. The first-order valence-electron chi connectivity index (χ1n) is 19.2. The third-order valence-electron chi connectivity index (χ3n) is 10.2. The van der Waals surface area contributed by atoms with Crippen molar-refractivity contribution in [2.24, 2.45) is 5.92 Å². The van der Waals surface area contributed by atoms with Gasteiger partial charge in [0, 0.05) is 31.7 Å². The maximum Gasteiger partial charge on any atom is 0.335 e. The van der Waals surface area contributed by atoms with Gasteiger partial charge in [0.15, 0.2) is 0 Å². The first-order valence-corrected chi connectivity index (χ1v) is 19.2. The Morgan fingerprint density at radius 1 is 1.00 bits per heavy atom. The quantitative estimate of drug-likeness (QED) is 0.101. The average Bonchev–Trinajstić information content (AvgIpc) is 3.18. The molecule has 0 saturated heterocycles. The SMILES string of the molecule is C=C/C(=C\C=C\CC)c1ccc(C(=O)NCC(CC)CCCC)cc1COc1ccc(CNc2cc(C(=O)O)ccc2N(C)C2CCCCC2)cc1. The molecule has 3 N–H and O–H groups in total. The predicted octanol–water partition coefficient (Wildman–Crippen LogP) is 10.8. The number of rotatable bonds is 20. The molecule has 1 saturated carbocycles. The number of hydrogen-bond donors (Lipinski definition) is 3. The van der Waals surface area contributed by atoms with Gasteiger partial charge in [0.1, 0.15) is 12.4 Å². The molecule has 1 fully saturated rings. The van der Waals surface area contributed by atoms with Crippen molar-refractivity contribution in [1.29, 1.82) is 0 Å². The smallest absolute Gasteiger partial charge is 0.335 e. The molecule has 0 heterocycles. The summed E-state index contributed by atoms with van der Waals surface area (Å²) in [5.41, 5.74) is 6.59. The lowest BCUT2D eigenvalue weighted by atomic mass is 9.94. The monoisotopic (exact) mass is 705 g/mol. The fraction of sp³-hybridized carbons (Fsp3) is 0.422. The summed E-state index contributed by atoms with van der Waals surface area (Å²) in [5, 5.41) is 16.4. The number of unbranched alkanes of at least 4 members (excludes halogenated alkanes) is 1. The highest BCUT2D eigenvalue weighted by Crippen LogP contribution is 2.33. The number of nitrogens with zero attached hydrogens (tertiary/aromatic N) is 1. The van der Waals surface area contributed by atoms with E-state index in [1.54, 1.807) is 12.1 Å².